The van der Waals surface area contributed by atoms with Crippen molar-refractivity contribution in [2.24, 2.45) is 0 Å². The van der Waals surface area contributed by atoms with E-state index in [9.17, 15) is 13.2 Å². The van der Waals surface area contributed by atoms with Crippen molar-refractivity contribution >= 4 is 48.3 Å². The molecular formula is C38H42N2O8S2. The molecule has 2 heterocycles. The molecule has 0 aliphatic carbocycles. The van der Waals surface area contributed by atoms with E-state index in [1.165, 1.54) is 11.3 Å². The van der Waals surface area contributed by atoms with Crippen molar-refractivity contribution in [1.82, 2.24) is 10.0 Å². The topological polar surface area (TPSA) is 113 Å². The van der Waals surface area contributed by atoms with E-state index in [4.69, 9.17) is 23.8 Å². The smallest absolute Gasteiger partial charge is 0.496 e. The molecule has 1 aliphatic rings. The van der Waals surface area contributed by atoms with Crippen LogP contribution in [-0.2, 0) is 30.8 Å². The molecule has 2 atom stereocenters. The number of sulfone groups is 1. The van der Waals surface area contributed by atoms with Crippen LogP contribution in [-0.4, -0.2) is 68.9 Å². The third-order valence-electron chi connectivity index (χ3n) is 8.41. The normalized spacial score (nSPS) is 17.1. The fourth-order valence-electron chi connectivity index (χ4n) is 6.06. The van der Waals surface area contributed by atoms with E-state index < -0.39 is 21.6 Å². The lowest BCUT2D eigenvalue weighted by Gasteiger charge is -2.37. The molecule has 50 heavy (non-hydrogen) atoms. The number of aromatic nitrogens is 1. The molecule has 2 unspecified atom stereocenters. The molecular weight excluding hydrogens is 677 g/mol. The SMILES string of the molecule is COc1c(COC2CN(OC(=O)OC(C)(C)C)CCC2c2ccc(OCCCS(=O)(=O)c3nc4ccccc4s3)cc2)ccc2ccccc12. The fraction of sp³-hybridized carbons (Fsp3) is 0.368. The largest absolute Gasteiger partial charge is 0.528 e. The molecule has 1 aromatic heterocycles. The molecule has 0 spiro atoms. The number of benzene rings is 4. The average Bonchev–Trinajstić information content (AvgIpc) is 3.54. The number of hydrogen-bond acceptors (Lipinski definition) is 11. The van der Waals surface area contributed by atoms with Gasteiger partial charge in [0.2, 0.25) is 14.2 Å². The number of rotatable bonds is 12. The predicted octanol–water partition coefficient (Wildman–Crippen LogP) is 7.94. The summed E-state index contributed by atoms with van der Waals surface area (Å²) >= 11 is 1.19. The zero-order valence-electron chi connectivity index (χ0n) is 28.7. The fourth-order valence-corrected chi connectivity index (χ4v) is 8.69. The van der Waals surface area contributed by atoms with Crippen molar-refractivity contribution in [3.63, 3.8) is 0 Å². The number of carbonyl (C=O) groups is 1. The Morgan fingerprint density at radius 2 is 1.74 bits per heavy atom. The Bertz CT molecular complexity index is 2010. The molecule has 264 valence electrons. The quantitative estimate of drug-likeness (QED) is 0.0931. The second-order valence-electron chi connectivity index (χ2n) is 13.2. The molecule has 6 rings (SSSR count). The highest BCUT2D eigenvalue weighted by Crippen LogP contribution is 2.35. The van der Waals surface area contributed by atoms with Crippen LogP contribution in [0.1, 0.15) is 50.7 Å². The van der Waals surface area contributed by atoms with E-state index >= 15 is 0 Å². The molecule has 0 amide bonds. The van der Waals surface area contributed by atoms with E-state index in [1.54, 1.807) is 32.9 Å². The maximum Gasteiger partial charge on any atom is 0.528 e. The Hall–Kier alpha value is -4.23. The van der Waals surface area contributed by atoms with Crippen molar-refractivity contribution in [2.45, 2.75) is 62.2 Å². The average molecular weight is 719 g/mol. The first-order valence-corrected chi connectivity index (χ1v) is 19.1. The third-order valence-corrected chi connectivity index (χ3v) is 11.7. The molecule has 0 N–H and O–H groups in total. The summed E-state index contributed by atoms with van der Waals surface area (Å²) in [6.07, 6.45) is -0.0571. The van der Waals surface area contributed by atoms with E-state index in [1.807, 2.05) is 78.9 Å². The summed E-state index contributed by atoms with van der Waals surface area (Å²) in [7, 11) is -1.84. The minimum atomic E-state index is -3.50. The number of carbonyl (C=O) groups excluding carboxylic acids is 1. The minimum Gasteiger partial charge on any atom is -0.496 e. The van der Waals surface area contributed by atoms with Gasteiger partial charge in [-0.1, -0.05) is 60.7 Å². The zero-order valence-corrected chi connectivity index (χ0v) is 30.3. The second kappa shape index (κ2) is 15.3. The number of para-hydroxylation sites is 1. The zero-order chi connectivity index (χ0) is 35.3. The van der Waals surface area contributed by atoms with Gasteiger partial charge in [0.05, 0.1) is 48.9 Å². The molecule has 4 aromatic carbocycles. The van der Waals surface area contributed by atoms with Crippen molar-refractivity contribution < 1.29 is 37.0 Å². The lowest BCUT2D eigenvalue weighted by molar-refractivity contribution is -0.179. The van der Waals surface area contributed by atoms with Gasteiger partial charge in [-0.2, -0.15) is 0 Å². The number of nitrogens with zero attached hydrogens (tertiary/aromatic N) is 2. The third kappa shape index (κ3) is 8.73. The summed E-state index contributed by atoms with van der Waals surface area (Å²) in [6.45, 7) is 6.79. The summed E-state index contributed by atoms with van der Waals surface area (Å²) in [5, 5.41) is 3.70. The summed E-state index contributed by atoms with van der Waals surface area (Å²) in [5.74, 6) is 1.38. The van der Waals surface area contributed by atoms with Crippen LogP contribution in [0.4, 0.5) is 4.79 Å². The lowest BCUT2D eigenvalue weighted by atomic mass is 9.87. The number of hydrogen-bond donors (Lipinski definition) is 0. The molecule has 10 nitrogen and oxygen atoms in total. The minimum absolute atomic E-state index is 0.00735. The van der Waals surface area contributed by atoms with Gasteiger partial charge in [0.15, 0.2) is 0 Å². The Kier molecular flexibility index (Phi) is 10.9. The standard InChI is InChI=1S/C38H42N2O8S2/c1-38(2,3)47-37(41)48-40-21-20-30(33(24-40)46-25-28-15-14-26-10-5-6-11-31(26)35(28)44-4)27-16-18-29(19-17-27)45-22-9-23-50(42,43)36-39-32-12-7-8-13-34(32)49-36/h5-8,10-19,30,33H,9,20-25H2,1-4H3. The van der Waals surface area contributed by atoms with E-state index in [0.717, 1.165) is 32.3 Å². The summed E-state index contributed by atoms with van der Waals surface area (Å²) in [4.78, 5) is 22.4. The Morgan fingerprint density at radius 1 is 0.980 bits per heavy atom. The van der Waals surface area contributed by atoms with E-state index in [2.05, 4.69) is 11.1 Å². The van der Waals surface area contributed by atoms with Crippen LogP contribution in [0.2, 0.25) is 0 Å². The van der Waals surface area contributed by atoms with Gasteiger partial charge in [-0.05, 0) is 68.8 Å². The molecule has 12 heteroatoms. The van der Waals surface area contributed by atoms with Crippen LogP contribution in [0.15, 0.2) is 89.3 Å². The maximum absolute atomic E-state index is 12.9. The molecule has 1 saturated heterocycles. The Labute approximate surface area is 296 Å². The van der Waals surface area contributed by atoms with Crippen LogP contribution in [0.3, 0.4) is 0 Å². The number of thiazole rings is 1. The molecule has 1 fully saturated rings. The molecule has 5 aromatic rings. The molecule has 0 bridgehead atoms. The van der Waals surface area contributed by atoms with Crippen LogP contribution >= 0.6 is 11.3 Å². The van der Waals surface area contributed by atoms with Crippen LogP contribution in [0.25, 0.3) is 21.0 Å². The van der Waals surface area contributed by atoms with Crippen molar-refractivity contribution in [1.29, 1.82) is 0 Å². The van der Waals surface area contributed by atoms with Crippen molar-refractivity contribution in [2.75, 3.05) is 32.6 Å². The van der Waals surface area contributed by atoms with Gasteiger partial charge in [-0.25, -0.2) is 18.2 Å². The Morgan fingerprint density at radius 3 is 2.50 bits per heavy atom. The predicted molar refractivity (Wildman–Crippen MR) is 194 cm³/mol. The summed E-state index contributed by atoms with van der Waals surface area (Å²) < 4.78 is 50.5. The maximum atomic E-state index is 12.9. The van der Waals surface area contributed by atoms with E-state index in [0.29, 0.717) is 43.8 Å². The first-order valence-electron chi connectivity index (χ1n) is 16.6. The summed E-state index contributed by atoms with van der Waals surface area (Å²) in [6, 6.07) is 27.3. The molecule has 0 radical (unpaired) electrons. The first kappa shape index (κ1) is 35.6. The number of methoxy groups -OCH3 is 1. The van der Waals surface area contributed by atoms with Gasteiger partial charge in [-0.3, -0.25) is 0 Å². The first-order chi connectivity index (χ1) is 24.0. The van der Waals surface area contributed by atoms with Gasteiger partial charge in [0, 0.05) is 23.4 Å². The second-order valence-corrected chi connectivity index (χ2v) is 16.5. The van der Waals surface area contributed by atoms with Gasteiger partial charge in [0.1, 0.15) is 17.1 Å². The van der Waals surface area contributed by atoms with Crippen molar-refractivity contribution in [3.8, 4) is 11.5 Å². The highest BCUT2D eigenvalue weighted by molar-refractivity contribution is 7.93. The van der Waals surface area contributed by atoms with Gasteiger partial charge >= 0.3 is 6.16 Å². The van der Waals surface area contributed by atoms with Crippen LogP contribution in [0.5, 0.6) is 11.5 Å². The van der Waals surface area contributed by atoms with Gasteiger partial charge < -0.3 is 23.8 Å². The van der Waals surface area contributed by atoms with E-state index in [-0.39, 0.29) is 28.7 Å². The molecule has 1 aliphatic heterocycles. The lowest BCUT2D eigenvalue weighted by Crippen LogP contribution is -2.45. The number of fused-ring (bicyclic) bond motifs is 2. The Balaban J connectivity index is 1.10. The van der Waals surface area contributed by atoms with Gasteiger partial charge in [0.25, 0.3) is 0 Å². The van der Waals surface area contributed by atoms with Crippen LogP contribution in [0, 0.1) is 0 Å². The summed E-state index contributed by atoms with van der Waals surface area (Å²) in [5.41, 5.74) is 1.99. The van der Waals surface area contributed by atoms with Crippen molar-refractivity contribution in [3.05, 3.63) is 96.1 Å². The number of piperidine rings is 1. The molecule has 0 saturated carbocycles. The number of ether oxygens (including phenoxy) is 4. The highest BCUT2D eigenvalue weighted by atomic mass is 32.2. The highest BCUT2D eigenvalue weighted by Gasteiger charge is 2.34. The number of hydroxylamine groups is 2. The monoisotopic (exact) mass is 718 g/mol. The van der Waals surface area contributed by atoms with Gasteiger partial charge in [-0.15, -0.1) is 16.4 Å². The van der Waals surface area contributed by atoms with Crippen LogP contribution < -0.4 is 9.47 Å².